The monoisotopic (exact) mass is 165 g/mol. The van der Waals surface area contributed by atoms with Crippen molar-refractivity contribution >= 4 is 23.9 Å². The molecule has 0 radical (unpaired) electrons. The second-order valence-electron chi connectivity index (χ2n) is 2.42. The molecule has 0 unspecified atom stereocenters. The fourth-order valence-electron chi connectivity index (χ4n) is 0.220. The average molecular weight is 165 g/mol. The minimum absolute atomic E-state index is 0.677. The molecule has 0 saturated carbocycles. The molecule has 1 N–H and O–H groups in total. The van der Waals surface area contributed by atoms with Gasteiger partial charge < -0.3 is 0 Å². The summed E-state index contributed by atoms with van der Waals surface area (Å²) in [5.41, 5.74) is 0. The summed E-state index contributed by atoms with van der Waals surface area (Å²) in [6, 6.07) is 0. The predicted octanol–water partition coefficient (Wildman–Crippen LogP) is 2.69. The van der Waals surface area contributed by atoms with Crippen LogP contribution in [-0.2, 0) is 0 Å². The molecule has 0 rings (SSSR count). The van der Waals surface area contributed by atoms with Gasteiger partial charge in [-0.3, -0.25) is 0 Å². The molecule has 0 bridgehead atoms. The molecular weight excluding hydrogens is 150 g/mol. The topological polar surface area (TPSA) is 12.0 Å². The van der Waals surface area contributed by atoms with E-state index in [4.69, 9.17) is 0 Å². The molecule has 0 spiro atoms. The highest BCUT2D eigenvalue weighted by Gasteiger charge is 1.95. The molecule has 9 heavy (non-hydrogen) atoms. The summed E-state index contributed by atoms with van der Waals surface area (Å²) < 4.78 is 3.22. The molecule has 0 atom stereocenters. The van der Waals surface area contributed by atoms with E-state index in [0.29, 0.717) is 10.5 Å². The summed E-state index contributed by atoms with van der Waals surface area (Å²) in [4.78, 5) is 0. The summed E-state index contributed by atoms with van der Waals surface area (Å²) in [7, 11) is 0. The van der Waals surface area contributed by atoms with Gasteiger partial charge in [-0.15, -0.1) is 0 Å². The molecule has 0 saturated heterocycles. The van der Waals surface area contributed by atoms with Gasteiger partial charge in [-0.1, -0.05) is 51.6 Å². The van der Waals surface area contributed by atoms with Crippen LogP contribution < -0.4 is 4.13 Å². The zero-order chi connectivity index (χ0) is 7.28. The number of nitrogens with one attached hydrogen (secondary N) is 1. The Morgan fingerprint density at radius 2 is 1.22 bits per heavy atom. The van der Waals surface area contributed by atoms with Gasteiger partial charge in [-0.05, 0) is 0 Å². The highest BCUT2D eigenvalue weighted by Crippen LogP contribution is 2.12. The van der Waals surface area contributed by atoms with E-state index in [-0.39, 0.29) is 0 Å². The third-order valence-corrected chi connectivity index (χ3v) is 2.28. The van der Waals surface area contributed by atoms with Crippen molar-refractivity contribution in [3.05, 3.63) is 0 Å². The zero-order valence-corrected chi connectivity index (χ0v) is 8.10. The van der Waals surface area contributed by atoms with E-state index in [9.17, 15) is 0 Å². The molecule has 0 amide bonds. The molecule has 0 aliphatic carbocycles. The van der Waals surface area contributed by atoms with Crippen molar-refractivity contribution in [2.24, 2.45) is 0 Å². The summed E-state index contributed by atoms with van der Waals surface area (Å²) >= 11 is 3.55. The maximum Gasteiger partial charge on any atom is 0.0144 e. The fourth-order valence-corrected chi connectivity index (χ4v) is 1.98. The lowest BCUT2D eigenvalue weighted by molar-refractivity contribution is 1.10. The highest BCUT2D eigenvalue weighted by atomic mass is 32.2. The van der Waals surface area contributed by atoms with Gasteiger partial charge in [0.05, 0.1) is 0 Å². The van der Waals surface area contributed by atoms with Crippen LogP contribution in [0.5, 0.6) is 0 Å². The lowest BCUT2D eigenvalue weighted by Gasteiger charge is -2.06. The third kappa shape index (κ3) is 8.66. The number of hydrogen-bond acceptors (Lipinski definition) is 3. The average Bonchev–Trinajstić information content (AvgIpc) is 1.63. The van der Waals surface area contributed by atoms with Gasteiger partial charge in [0.1, 0.15) is 0 Å². The first kappa shape index (κ1) is 9.66. The van der Waals surface area contributed by atoms with Crippen LogP contribution in [0.2, 0.25) is 0 Å². The van der Waals surface area contributed by atoms with Crippen molar-refractivity contribution < 1.29 is 0 Å². The summed E-state index contributed by atoms with van der Waals surface area (Å²) in [6.45, 7) is 8.72. The second kappa shape index (κ2) is 5.45. The van der Waals surface area contributed by atoms with Crippen LogP contribution in [0.1, 0.15) is 27.7 Å². The summed E-state index contributed by atoms with van der Waals surface area (Å²) in [6.07, 6.45) is 0. The Bertz CT molecular complexity index is 56.1. The first-order chi connectivity index (χ1) is 4.13. The molecular formula is C6H15NS2. The first-order valence-electron chi connectivity index (χ1n) is 3.19. The van der Waals surface area contributed by atoms with Gasteiger partial charge >= 0.3 is 0 Å². The van der Waals surface area contributed by atoms with E-state index in [0.717, 1.165) is 0 Å². The molecule has 0 aromatic heterocycles. The number of hydrogen-bond donors (Lipinski definition) is 1. The van der Waals surface area contributed by atoms with Crippen LogP contribution in [0, 0.1) is 0 Å². The van der Waals surface area contributed by atoms with Crippen LogP contribution in [0.4, 0.5) is 0 Å². The minimum Gasteiger partial charge on any atom is -0.208 e. The van der Waals surface area contributed by atoms with Crippen LogP contribution in [0.25, 0.3) is 0 Å². The third-order valence-electron chi connectivity index (χ3n) is 0.568. The summed E-state index contributed by atoms with van der Waals surface area (Å²) in [5.74, 6) is 0. The fraction of sp³-hybridized carbons (Fsp3) is 1.00. The van der Waals surface area contributed by atoms with Crippen molar-refractivity contribution in [2.45, 2.75) is 38.2 Å². The molecule has 0 aromatic rings. The smallest absolute Gasteiger partial charge is 0.0144 e. The molecule has 3 heteroatoms. The summed E-state index contributed by atoms with van der Waals surface area (Å²) in [5, 5.41) is 1.35. The maximum absolute atomic E-state index is 3.22. The normalized spacial score (nSPS) is 11.3. The highest BCUT2D eigenvalue weighted by molar-refractivity contribution is 8.13. The van der Waals surface area contributed by atoms with Crippen molar-refractivity contribution in [3.63, 3.8) is 0 Å². The molecule has 56 valence electrons. The van der Waals surface area contributed by atoms with Crippen LogP contribution >= 0.6 is 23.9 Å². The van der Waals surface area contributed by atoms with Crippen LogP contribution in [-0.4, -0.2) is 10.5 Å². The molecule has 0 aliphatic heterocycles. The van der Waals surface area contributed by atoms with Gasteiger partial charge in [0, 0.05) is 10.5 Å². The Labute approximate surface area is 66.6 Å². The van der Waals surface area contributed by atoms with Gasteiger partial charge in [0.15, 0.2) is 0 Å². The number of rotatable bonds is 4. The maximum atomic E-state index is 3.22. The van der Waals surface area contributed by atoms with E-state index >= 15 is 0 Å². The lowest BCUT2D eigenvalue weighted by atomic mass is 10.6. The van der Waals surface area contributed by atoms with E-state index in [1.165, 1.54) is 0 Å². The van der Waals surface area contributed by atoms with Gasteiger partial charge in [0.25, 0.3) is 0 Å². The lowest BCUT2D eigenvalue weighted by Crippen LogP contribution is -2.01. The molecule has 0 aromatic carbocycles. The Morgan fingerprint density at radius 1 is 0.889 bits per heavy atom. The van der Waals surface area contributed by atoms with Gasteiger partial charge in [-0.2, -0.15) is 0 Å². The van der Waals surface area contributed by atoms with Crippen molar-refractivity contribution in [1.29, 1.82) is 0 Å². The molecule has 0 heterocycles. The van der Waals surface area contributed by atoms with Crippen LogP contribution in [0.15, 0.2) is 0 Å². The van der Waals surface area contributed by atoms with E-state index in [1.807, 2.05) is 0 Å². The predicted molar refractivity (Wildman–Crippen MR) is 48.6 cm³/mol. The SMILES string of the molecule is CC(C)SNSC(C)C. The Balaban J connectivity index is 2.91. The molecule has 0 fully saturated rings. The second-order valence-corrected chi connectivity index (χ2v) is 5.44. The van der Waals surface area contributed by atoms with Gasteiger partial charge in [-0.25, -0.2) is 4.13 Å². The van der Waals surface area contributed by atoms with E-state index < -0.39 is 0 Å². The van der Waals surface area contributed by atoms with Crippen LogP contribution in [0.3, 0.4) is 0 Å². The van der Waals surface area contributed by atoms with Crippen molar-refractivity contribution in [1.82, 2.24) is 4.13 Å². The molecule has 1 nitrogen and oxygen atoms in total. The first-order valence-corrected chi connectivity index (χ1v) is 4.95. The van der Waals surface area contributed by atoms with E-state index in [2.05, 4.69) is 31.8 Å². The Kier molecular flexibility index (Phi) is 5.84. The largest absolute Gasteiger partial charge is 0.208 e. The quantitative estimate of drug-likeness (QED) is 0.643. The Morgan fingerprint density at radius 3 is 1.44 bits per heavy atom. The molecule has 0 aliphatic rings. The zero-order valence-electron chi connectivity index (χ0n) is 6.47. The van der Waals surface area contributed by atoms with E-state index in [1.54, 1.807) is 23.9 Å². The van der Waals surface area contributed by atoms with Crippen molar-refractivity contribution in [2.75, 3.05) is 0 Å². The Hall–Kier alpha value is 0.660. The van der Waals surface area contributed by atoms with Crippen molar-refractivity contribution in [3.8, 4) is 0 Å². The minimum atomic E-state index is 0.677. The van der Waals surface area contributed by atoms with Gasteiger partial charge in [0.2, 0.25) is 0 Å². The standard InChI is InChI=1S/C6H15NS2/c1-5(2)8-7-9-6(3)4/h5-7H,1-4H3.